The Balaban J connectivity index is 1.74. The minimum Gasteiger partial charge on any atom is -0.348 e. The highest BCUT2D eigenvalue weighted by Gasteiger charge is 2.29. The zero-order chi connectivity index (χ0) is 18.0. The van der Waals surface area contributed by atoms with Gasteiger partial charge in [0.05, 0.1) is 0 Å². The van der Waals surface area contributed by atoms with E-state index in [2.05, 4.69) is 17.6 Å². The molecule has 8 heteroatoms. The van der Waals surface area contributed by atoms with E-state index in [9.17, 15) is 13.2 Å². The molecular formula is C17H28N4O3S. The van der Waals surface area contributed by atoms with Crippen molar-refractivity contribution in [3.05, 3.63) is 18.0 Å². The van der Waals surface area contributed by atoms with Crippen LogP contribution in [0.1, 0.15) is 49.5 Å². The van der Waals surface area contributed by atoms with E-state index < -0.39 is 10.0 Å². The van der Waals surface area contributed by atoms with Gasteiger partial charge in [-0.15, -0.1) is 0 Å². The minimum absolute atomic E-state index is 0.126. The summed E-state index contributed by atoms with van der Waals surface area (Å²) in [5, 5.41) is 6.40. The van der Waals surface area contributed by atoms with Crippen molar-refractivity contribution in [2.75, 3.05) is 19.6 Å². The fraction of sp³-hybridized carbons (Fsp3) is 0.706. The van der Waals surface area contributed by atoms with Crippen molar-refractivity contribution >= 4 is 15.9 Å². The monoisotopic (exact) mass is 368 g/mol. The van der Waals surface area contributed by atoms with Gasteiger partial charge in [-0.3, -0.25) is 4.79 Å². The molecule has 1 aromatic rings. The summed E-state index contributed by atoms with van der Waals surface area (Å²) in [6, 6.07) is 2.01. The van der Waals surface area contributed by atoms with Crippen molar-refractivity contribution < 1.29 is 13.2 Å². The number of aromatic nitrogens is 1. The lowest BCUT2D eigenvalue weighted by Crippen LogP contribution is -2.46. The van der Waals surface area contributed by atoms with Crippen LogP contribution in [0, 0.1) is 0 Å². The Hall–Kier alpha value is -1.38. The molecule has 3 rings (SSSR count). The zero-order valence-corrected chi connectivity index (χ0v) is 15.8. The molecule has 25 heavy (non-hydrogen) atoms. The topological polar surface area (TPSA) is 83.4 Å². The summed E-state index contributed by atoms with van der Waals surface area (Å²) >= 11 is 0. The molecule has 7 nitrogen and oxygen atoms in total. The second-order valence-corrected chi connectivity index (χ2v) is 9.12. The van der Waals surface area contributed by atoms with Gasteiger partial charge in [0, 0.05) is 38.4 Å². The van der Waals surface area contributed by atoms with Gasteiger partial charge in [0.25, 0.3) is 5.91 Å². The van der Waals surface area contributed by atoms with Crippen molar-refractivity contribution in [1.82, 2.24) is 19.5 Å². The normalized spacial score (nSPS) is 25.7. The highest BCUT2D eigenvalue weighted by Crippen LogP contribution is 2.22. The van der Waals surface area contributed by atoms with E-state index in [4.69, 9.17) is 0 Å². The maximum absolute atomic E-state index is 12.8. The summed E-state index contributed by atoms with van der Waals surface area (Å²) in [6.45, 7) is 4.11. The maximum atomic E-state index is 12.8. The van der Waals surface area contributed by atoms with Gasteiger partial charge < -0.3 is 15.2 Å². The molecule has 2 aliphatic heterocycles. The predicted octanol–water partition coefficient (Wildman–Crippen LogP) is 1.07. The molecule has 2 N–H and O–H groups in total. The van der Waals surface area contributed by atoms with Crippen LogP contribution in [0.3, 0.4) is 0 Å². The third-order valence-corrected chi connectivity index (χ3v) is 6.99. The average Bonchev–Trinajstić information content (AvgIpc) is 2.98. The van der Waals surface area contributed by atoms with Crippen LogP contribution in [-0.2, 0) is 17.1 Å². The van der Waals surface area contributed by atoms with Crippen LogP contribution in [0.4, 0.5) is 0 Å². The lowest BCUT2D eigenvalue weighted by atomic mass is 10.0. The fourth-order valence-corrected chi connectivity index (χ4v) is 5.27. The van der Waals surface area contributed by atoms with E-state index in [-0.39, 0.29) is 16.8 Å². The van der Waals surface area contributed by atoms with Crippen molar-refractivity contribution in [1.29, 1.82) is 0 Å². The largest absolute Gasteiger partial charge is 0.348 e. The summed E-state index contributed by atoms with van der Waals surface area (Å²) in [4.78, 5) is 12.8. The van der Waals surface area contributed by atoms with Crippen LogP contribution < -0.4 is 10.6 Å². The van der Waals surface area contributed by atoms with Gasteiger partial charge in [-0.25, -0.2) is 8.42 Å². The Bertz CT molecular complexity index is 722. The molecule has 140 valence electrons. The third-order valence-electron chi connectivity index (χ3n) is 5.12. The molecule has 1 amide bonds. The van der Waals surface area contributed by atoms with E-state index in [1.165, 1.54) is 10.4 Å². The van der Waals surface area contributed by atoms with Gasteiger partial charge in [-0.1, -0.05) is 6.42 Å². The molecular weight excluding hydrogens is 340 g/mol. The molecule has 3 heterocycles. The number of piperidine rings is 2. The lowest BCUT2D eigenvalue weighted by Gasteiger charge is -2.28. The van der Waals surface area contributed by atoms with Gasteiger partial charge in [-0.05, 0) is 45.2 Å². The van der Waals surface area contributed by atoms with Crippen LogP contribution in [-0.4, -0.2) is 54.9 Å². The number of carbonyl (C=O) groups is 1. The van der Waals surface area contributed by atoms with Crippen LogP contribution >= 0.6 is 0 Å². The molecule has 0 bridgehead atoms. The molecule has 2 aliphatic rings. The first kappa shape index (κ1) is 18.4. The Kier molecular flexibility index (Phi) is 5.50. The lowest BCUT2D eigenvalue weighted by molar-refractivity contribution is 0.0917. The van der Waals surface area contributed by atoms with E-state index >= 15 is 0 Å². The highest BCUT2D eigenvalue weighted by molar-refractivity contribution is 7.89. The summed E-state index contributed by atoms with van der Waals surface area (Å²) in [7, 11) is -1.80. The maximum Gasteiger partial charge on any atom is 0.268 e. The molecule has 1 aromatic heterocycles. The first-order chi connectivity index (χ1) is 11.9. The van der Waals surface area contributed by atoms with Gasteiger partial charge in [0.2, 0.25) is 10.0 Å². The van der Waals surface area contributed by atoms with E-state index in [1.54, 1.807) is 17.8 Å². The number of sulfonamides is 1. The Morgan fingerprint density at radius 1 is 1.28 bits per heavy atom. The van der Waals surface area contributed by atoms with Crippen molar-refractivity contribution in [3.8, 4) is 0 Å². The van der Waals surface area contributed by atoms with Gasteiger partial charge >= 0.3 is 0 Å². The summed E-state index contributed by atoms with van der Waals surface area (Å²) in [5.74, 6) is -0.207. The zero-order valence-electron chi connectivity index (χ0n) is 15.0. The van der Waals surface area contributed by atoms with Gasteiger partial charge in [0.15, 0.2) is 0 Å². The summed E-state index contributed by atoms with van der Waals surface area (Å²) in [6.07, 6.45) is 6.18. The number of amides is 1. The van der Waals surface area contributed by atoms with E-state index in [1.807, 2.05) is 0 Å². The average molecular weight is 369 g/mol. The first-order valence-corrected chi connectivity index (χ1v) is 10.5. The fourth-order valence-electron chi connectivity index (χ4n) is 3.68. The van der Waals surface area contributed by atoms with E-state index in [0.717, 1.165) is 38.6 Å². The molecule has 2 saturated heterocycles. The molecule has 0 aromatic carbocycles. The van der Waals surface area contributed by atoms with Crippen LogP contribution in [0.15, 0.2) is 17.2 Å². The van der Waals surface area contributed by atoms with Gasteiger partial charge in [-0.2, -0.15) is 4.31 Å². The molecule has 0 aliphatic carbocycles. The van der Waals surface area contributed by atoms with Crippen molar-refractivity contribution in [2.24, 2.45) is 7.05 Å². The number of rotatable bonds is 4. The molecule has 0 spiro atoms. The number of aryl methyl sites for hydroxylation is 1. The third kappa shape index (κ3) is 4.07. The second kappa shape index (κ2) is 7.47. The smallest absolute Gasteiger partial charge is 0.268 e. The second-order valence-electron chi connectivity index (χ2n) is 7.19. The number of nitrogens with zero attached hydrogens (tertiary/aromatic N) is 2. The summed E-state index contributed by atoms with van der Waals surface area (Å²) < 4.78 is 28.7. The Morgan fingerprint density at radius 3 is 2.68 bits per heavy atom. The Labute approximate surface area is 149 Å². The quantitative estimate of drug-likeness (QED) is 0.833. The predicted molar refractivity (Wildman–Crippen MR) is 96.0 cm³/mol. The number of carbonyl (C=O) groups excluding carboxylic acids is 1. The first-order valence-electron chi connectivity index (χ1n) is 9.08. The molecule has 0 radical (unpaired) electrons. The molecule has 0 saturated carbocycles. The van der Waals surface area contributed by atoms with Gasteiger partial charge in [0.1, 0.15) is 10.6 Å². The molecule has 2 fully saturated rings. The Morgan fingerprint density at radius 2 is 2.00 bits per heavy atom. The molecule has 2 unspecified atom stereocenters. The number of hydrogen-bond acceptors (Lipinski definition) is 4. The number of nitrogens with one attached hydrogen (secondary N) is 2. The molecule has 2 atom stereocenters. The number of hydrogen-bond donors (Lipinski definition) is 2. The highest BCUT2D eigenvalue weighted by atomic mass is 32.2. The van der Waals surface area contributed by atoms with Crippen molar-refractivity contribution in [2.45, 2.75) is 56.0 Å². The van der Waals surface area contributed by atoms with Crippen LogP contribution in [0.2, 0.25) is 0 Å². The summed E-state index contributed by atoms with van der Waals surface area (Å²) in [5.41, 5.74) is 0.391. The standard InChI is InChI=1S/C17H28N4O3S/c1-13-10-14(6-7-18-13)19-17(22)16-11-15(12-20(16)2)25(23,24)21-8-4-3-5-9-21/h11-14,18H,3-10H2,1-2H3,(H,19,22). The van der Waals surface area contributed by atoms with Crippen LogP contribution in [0.5, 0.6) is 0 Å². The minimum atomic E-state index is -3.52. The van der Waals surface area contributed by atoms with E-state index in [0.29, 0.717) is 24.8 Å². The van der Waals surface area contributed by atoms with Crippen LogP contribution in [0.25, 0.3) is 0 Å². The van der Waals surface area contributed by atoms with Crippen molar-refractivity contribution in [3.63, 3.8) is 0 Å². The SMILES string of the molecule is CC1CC(NC(=O)c2cc(S(=O)(=O)N3CCCCC3)cn2C)CCN1.